The summed E-state index contributed by atoms with van der Waals surface area (Å²) in [7, 11) is 1.50. The van der Waals surface area contributed by atoms with E-state index in [1.54, 1.807) is 16.8 Å². The van der Waals surface area contributed by atoms with Crippen LogP contribution in [0.15, 0.2) is 47.6 Å². The number of ether oxygens (including phenoxy) is 1. The lowest BCUT2D eigenvalue weighted by Gasteiger charge is -2.28. The van der Waals surface area contributed by atoms with Gasteiger partial charge in [-0.3, -0.25) is 14.1 Å². The second-order valence-electron chi connectivity index (χ2n) is 9.68. The number of hydrogen-bond donors (Lipinski definition) is 0. The summed E-state index contributed by atoms with van der Waals surface area (Å²) in [6, 6.07) is 7.80. The van der Waals surface area contributed by atoms with Crippen molar-refractivity contribution in [1.82, 2.24) is 5.01 Å². The number of anilines is 1. The maximum absolute atomic E-state index is 13.5. The molecule has 3 rings (SSSR count). The summed E-state index contributed by atoms with van der Waals surface area (Å²) in [4.78, 5) is 13.5. The van der Waals surface area contributed by atoms with E-state index in [2.05, 4.69) is 5.10 Å². The number of alkyl halides is 6. The highest BCUT2D eigenvalue weighted by molar-refractivity contribution is 8.01. The molecule has 0 aliphatic carbocycles. The van der Waals surface area contributed by atoms with Crippen LogP contribution in [0.5, 0.6) is 0 Å². The fourth-order valence-electron chi connectivity index (χ4n) is 4.48. The molecule has 0 bridgehead atoms. The van der Waals surface area contributed by atoms with Crippen LogP contribution in [0.25, 0.3) is 0 Å². The number of amides is 1. The molecule has 0 N–H and O–H groups in total. The molecule has 0 fully saturated rings. The van der Waals surface area contributed by atoms with Crippen molar-refractivity contribution in [3.8, 4) is 0 Å². The number of rotatable bonds is 12. The Kier molecular flexibility index (Phi) is 11.3. The molecule has 0 spiro atoms. The molecule has 1 heterocycles. The van der Waals surface area contributed by atoms with Crippen LogP contribution in [-0.4, -0.2) is 61.2 Å². The van der Waals surface area contributed by atoms with E-state index in [1.807, 2.05) is 13.2 Å². The third-order valence-corrected chi connectivity index (χ3v) is 8.48. The van der Waals surface area contributed by atoms with Gasteiger partial charge < -0.3 is 4.74 Å². The van der Waals surface area contributed by atoms with E-state index in [9.17, 15) is 31.1 Å². The largest absolute Gasteiger partial charge is 0.417 e. The summed E-state index contributed by atoms with van der Waals surface area (Å²) >= 11 is 8.77. The molecule has 1 aliphatic rings. The van der Waals surface area contributed by atoms with Gasteiger partial charge in [0.15, 0.2) is 0 Å². The van der Waals surface area contributed by atoms with Gasteiger partial charge in [0.05, 0.1) is 34.2 Å². The Hall–Kier alpha value is -2.09. The minimum atomic E-state index is -4.60. The zero-order chi connectivity index (χ0) is 30.4. The lowest BCUT2D eigenvalue weighted by molar-refractivity contribution is -0.138. The molecule has 5 nitrogen and oxygen atoms in total. The Morgan fingerprint density at radius 1 is 1.10 bits per heavy atom. The first-order valence-electron chi connectivity index (χ1n) is 12.5. The van der Waals surface area contributed by atoms with E-state index >= 15 is 0 Å². The smallest absolute Gasteiger partial charge is 0.384 e. The number of nitrogens with zero attached hydrogens (tertiary/aromatic N) is 3. The first-order valence-corrected chi connectivity index (χ1v) is 15.2. The van der Waals surface area contributed by atoms with Crippen LogP contribution in [0, 0.1) is 5.41 Å². The van der Waals surface area contributed by atoms with Crippen molar-refractivity contribution < 1.29 is 35.9 Å². The van der Waals surface area contributed by atoms with Gasteiger partial charge in [-0.1, -0.05) is 24.6 Å². The lowest BCUT2D eigenvalue weighted by Crippen LogP contribution is -2.37. The summed E-state index contributed by atoms with van der Waals surface area (Å²) in [6.07, 6.45) is -5.66. The molecule has 2 aromatic carbocycles. The van der Waals surface area contributed by atoms with Crippen molar-refractivity contribution in [2.45, 2.75) is 32.1 Å². The van der Waals surface area contributed by atoms with E-state index in [0.717, 1.165) is 42.3 Å². The van der Waals surface area contributed by atoms with Gasteiger partial charge in [0.2, 0.25) is 0 Å². The quantitative estimate of drug-likeness (QED) is 0.134. The molecule has 1 aliphatic heterocycles. The molecule has 14 heteroatoms. The molecule has 0 saturated heterocycles. The summed E-state index contributed by atoms with van der Waals surface area (Å²) < 4.78 is 85.5. The Morgan fingerprint density at radius 3 is 2.34 bits per heavy atom. The lowest BCUT2D eigenvalue weighted by atomic mass is 9.78. The first-order chi connectivity index (χ1) is 19.2. The standard InChI is InChI=1S/C27H30ClF6N3O2S2/c1-25(11-4-13-40-3)17-36(35-24(25)18-5-10-21(22(28)15-18)27(32,33)34)16-23(38)37(41-14-12-39-2)20-8-6-19(7-9-20)26(29,30)31/h5-10,15H,4,11-14,16-17H2,1-3H3. The van der Waals surface area contributed by atoms with E-state index in [1.165, 1.54) is 35.7 Å². The second kappa shape index (κ2) is 13.9. The average Bonchev–Trinajstić information content (AvgIpc) is 3.21. The molecule has 0 saturated carbocycles. The van der Waals surface area contributed by atoms with Crippen LogP contribution in [0.1, 0.15) is 36.5 Å². The van der Waals surface area contributed by atoms with Crippen LogP contribution in [0.4, 0.5) is 32.0 Å². The van der Waals surface area contributed by atoms with E-state index in [0.29, 0.717) is 36.6 Å². The van der Waals surface area contributed by atoms with Gasteiger partial charge in [-0.15, -0.1) is 0 Å². The molecular formula is C27H30ClF6N3O2S2. The van der Waals surface area contributed by atoms with Crippen molar-refractivity contribution in [3.05, 3.63) is 64.2 Å². The fraction of sp³-hybridized carbons (Fsp3) is 0.481. The SMILES string of the molecule is COCCSN(C(=O)CN1CC(C)(CCCSC)C(c2ccc(C(F)(F)F)c(Cl)c2)=N1)c1ccc(C(F)(F)F)cc1. The van der Waals surface area contributed by atoms with Gasteiger partial charge in [0, 0.05) is 24.8 Å². The zero-order valence-electron chi connectivity index (χ0n) is 22.6. The molecular weight excluding hydrogens is 612 g/mol. The number of benzene rings is 2. The number of hydrogen-bond acceptors (Lipinski definition) is 6. The predicted molar refractivity (Wildman–Crippen MR) is 154 cm³/mol. The van der Waals surface area contributed by atoms with Crippen molar-refractivity contribution in [2.75, 3.05) is 48.9 Å². The van der Waals surface area contributed by atoms with Gasteiger partial charge in [-0.2, -0.15) is 43.2 Å². The van der Waals surface area contributed by atoms with Gasteiger partial charge in [0.25, 0.3) is 5.91 Å². The van der Waals surface area contributed by atoms with Crippen molar-refractivity contribution in [1.29, 1.82) is 0 Å². The Balaban J connectivity index is 1.90. The monoisotopic (exact) mass is 641 g/mol. The Labute approximate surface area is 248 Å². The highest BCUT2D eigenvalue weighted by atomic mass is 35.5. The normalized spacial score (nSPS) is 17.6. The molecule has 226 valence electrons. The van der Waals surface area contributed by atoms with Crippen LogP contribution in [0.3, 0.4) is 0 Å². The van der Waals surface area contributed by atoms with E-state index in [4.69, 9.17) is 16.3 Å². The number of hydrazone groups is 1. The fourth-order valence-corrected chi connectivity index (χ4v) is 6.09. The van der Waals surface area contributed by atoms with Gasteiger partial charge in [0.1, 0.15) is 6.54 Å². The number of halogens is 7. The number of carbonyl (C=O) groups is 1. The highest BCUT2D eigenvalue weighted by Crippen LogP contribution is 2.40. The van der Waals surface area contributed by atoms with Gasteiger partial charge in [-0.05, 0) is 78.8 Å². The summed E-state index contributed by atoms with van der Waals surface area (Å²) in [6.45, 7) is 2.38. The Bertz CT molecular complexity index is 1230. The number of carbonyl (C=O) groups excluding carboxylic acids is 1. The minimum absolute atomic E-state index is 0.197. The number of methoxy groups -OCH3 is 1. The predicted octanol–water partition coefficient (Wildman–Crippen LogP) is 7.87. The summed E-state index contributed by atoms with van der Waals surface area (Å²) in [5.74, 6) is 0.814. The molecule has 0 aromatic heterocycles. The van der Waals surface area contributed by atoms with Crippen molar-refractivity contribution in [3.63, 3.8) is 0 Å². The average molecular weight is 642 g/mol. The highest BCUT2D eigenvalue weighted by Gasteiger charge is 2.41. The Morgan fingerprint density at radius 2 is 1.78 bits per heavy atom. The molecule has 41 heavy (non-hydrogen) atoms. The van der Waals surface area contributed by atoms with Crippen molar-refractivity contribution >= 4 is 52.6 Å². The zero-order valence-corrected chi connectivity index (χ0v) is 25.0. The molecule has 1 atom stereocenters. The maximum atomic E-state index is 13.5. The molecule has 2 aromatic rings. The molecule has 0 radical (unpaired) electrons. The van der Waals surface area contributed by atoms with Gasteiger partial charge >= 0.3 is 12.4 Å². The topological polar surface area (TPSA) is 45.1 Å². The van der Waals surface area contributed by atoms with Crippen LogP contribution in [-0.2, 0) is 21.9 Å². The van der Waals surface area contributed by atoms with Crippen LogP contribution >= 0.6 is 35.3 Å². The van der Waals surface area contributed by atoms with Crippen LogP contribution < -0.4 is 4.31 Å². The summed E-state index contributed by atoms with van der Waals surface area (Å²) in [5.41, 5.74) is -1.14. The van der Waals surface area contributed by atoms with E-state index in [-0.39, 0.29) is 12.2 Å². The maximum Gasteiger partial charge on any atom is 0.417 e. The summed E-state index contributed by atoms with van der Waals surface area (Å²) in [5, 5.41) is 5.76. The molecule has 1 amide bonds. The first kappa shape index (κ1) is 33.4. The van der Waals surface area contributed by atoms with Crippen LogP contribution in [0.2, 0.25) is 5.02 Å². The second-order valence-corrected chi connectivity index (χ2v) is 12.1. The third kappa shape index (κ3) is 8.71. The van der Waals surface area contributed by atoms with Gasteiger partial charge in [-0.25, -0.2) is 0 Å². The third-order valence-electron chi connectivity index (χ3n) is 6.45. The van der Waals surface area contributed by atoms with Crippen molar-refractivity contribution in [2.24, 2.45) is 10.5 Å². The molecule has 1 unspecified atom stereocenters. The number of thioether (sulfide) groups is 1. The minimum Gasteiger partial charge on any atom is -0.384 e. The van der Waals surface area contributed by atoms with E-state index < -0.39 is 39.8 Å².